The molecule has 0 aromatic heterocycles. The first-order chi connectivity index (χ1) is 18.7. The fourth-order valence-corrected chi connectivity index (χ4v) is 4.74. The number of methoxy groups -OCH3 is 1. The van der Waals surface area contributed by atoms with Gasteiger partial charge in [-0.2, -0.15) is 0 Å². The zero-order chi connectivity index (χ0) is 29.8. The second-order valence-corrected chi connectivity index (χ2v) is 11.3. The summed E-state index contributed by atoms with van der Waals surface area (Å²) >= 11 is 0. The molecule has 1 aliphatic rings. The summed E-state index contributed by atoms with van der Waals surface area (Å²) in [5.74, 6) is -1.04. The number of nitrogens with one attached hydrogen (secondary N) is 2. The molecule has 0 radical (unpaired) electrons. The standard InChI is InChI=1S/C30H40N4O6/c1-17-9-8-10-18(2)25(17)26(27(36)32-20-11-13-21(39-7)14-12-20)34(23-15-19(23)3)28(37)22(16-24(31)35)33-29(38)40-30(4,5)6/h8-14,19,22-23,26H,15-16H2,1-7H3,(H2,31,35)(H,32,36)(H,33,38). The molecular weight excluding hydrogens is 512 g/mol. The summed E-state index contributed by atoms with van der Waals surface area (Å²) in [6, 6.07) is 9.89. The van der Waals surface area contributed by atoms with Crippen molar-refractivity contribution in [2.75, 3.05) is 12.4 Å². The van der Waals surface area contributed by atoms with E-state index in [0.29, 0.717) is 23.4 Å². The van der Waals surface area contributed by atoms with Crippen molar-refractivity contribution in [3.8, 4) is 5.75 Å². The number of carbonyl (C=O) groups is 4. The van der Waals surface area contributed by atoms with E-state index < -0.39 is 47.9 Å². The Labute approximate surface area is 235 Å². The van der Waals surface area contributed by atoms with Crippen molar-refractivity contribution in [1.29, 1.82) is 0 Å². The number of hydrogen-bond acceptors (Lipinski definition) is 6. The third-order valence-electron chi connectivity index (χ3n) is 6.77. The summed E-state index contributed by atoms with van der Waals surface area (Å²) in [6.07, 6.45) is -0.643. The van der Waals surface area contributed by atoms with Crippen LogP contribution in [0, 0.1) is 19.8 Å². The molecule has 2 aromatic carbocycles. The van der Waals surface area contributed by atoms with Crippen LogP contribution in [0.15, 0.2) is 42.5 Å². The van der Waals surface area contributed by atoms with Crippen molar-refractivity contribution in [1.82, 2.24) is 10.2 Å². The number of ether oxygens (including phenoxy) is 2. The number of aryl methyl sites for hydroxylation is 2. The van der Waals surface area contributed by atoms with E-state index in [2.05, 4.69) is 10.6 Å². The van der Waals surface area contributed by atoms with Crippen LogP contribution in [-0.4, -0.2) is 53.5 Å². The van der Waals surface area contributed by atoms with E-state index in [1.165, 1.54) is 4.90 Å². The van der Waals surface area contributed by atoms with Crippen LogP contribution >= 0.6 is 0 Å². The second-order valence-electron chi connectivity index (χ2n) is 11.3. The zero-order valence-electron chi connectivity index (χ0n) is 24.2. The average Bonchev–Trinajstić information content (AvgIpc) is 3.57. The number of alkyl carbamates (subject to hydrolysis) is 1. The maximum atomic E-state index is 14.2. The molecule has 2 aromatic rings. The van der Waals surface area contributed by atoms with E-state index in [4.69, 9.17) is 15.2 Å². The summed E-state index contributed by atoms with van der Waals surface area (Å²) in [4.78, 5) is 54.5. The van der Waals surface area contributed by atoms with Gasteiger partial charge in [-0.25, -0.2) is 4.79 Å². The number of rotatable bonds is 10. The maximum Gasteiger partial charge on any atom is 0.408 e. The van der Waals surface area contributed by atoms with E-state index in [1.54, 1.807) is 52.1 Å². The molecule has 0 saturated heterocycles. The number of primary amides is 1. The van der Waals surface area contributed by atoms with Crippen molar-refractivity contribution >= 4 is 29.5 Å². The van der Waals surface area contributed by atoms with Gasteiger partial charge in [0, 0.05) is 11.7 Å². The summed E-state index contributed by atoms with van der Waals surface area (Å²) < 4.78 is 10.6. The molecule has 40 heavy (non-hydrogen) atoms. The van der Waals surface area contributed by atoms with Gasteiger partial charge < -0.3 is 30.7 Å². The van der Waals surface area contributed by atoms with Gasteiger partial charge in [0.2, 0.25) is 11.8 Å². The van der Waals surface area contributed by atoms with Crippen LogP contribution in [0.25, 0.3) is 0 Å². The van der Waals surface area contributed by atoms with Crippen LogP contribution < -0.4 is 21.1 Å². The van der Waals surface area contributed by atoms with E-state index in [0.717, 1.165) is 11.1 Å². The number of nitrogens with zero attached hydrogens (tertiary/aromatic N) is 1. The Morgan fingerprint density at radius 1 is 1.05 bits per heavy atom. The average molecular weight is 553 g/mol. The van der Waals surface area contributed by atoms with Gasteiger partial charge >= 0.3 is 6.09 Å². The Hall–Kier alpha value is -4.08. The lowest BCUT2D eigenvalue weighted by atomic mass is 9.93. The first kappa shape index (κ1) is 30.5. The summed E-state index contributed by atoms with van der Waals surface area (Å²) in [7, 11) is 1.55. The molecule has 0 bridgehead atoms. The molecule has 10 nitrogen and oxygen atoms in total. The molecule has 0 heterocycles. The highest BCUT2D eigenvalue weighted by Crippen LogP contribution is 2.42. The molecule has 1 aliphatic carbocycles. The molecular formula is C30H40N4O6. The van der Waals surface area contributed by atoms with Crippen LogP contribution in [0.1, 0.15) is 63.3 Å². The number of benzene rings is 2. The molecule has 4 unspecified atom stereocenters. The Kier molecular flexibility index (Phi) is 9.44. The minimum atomic E-state index is -1.32. The highest BCUT2D eigenvalue weighted by atomic mass is 16.6. The van der Waals surface area contributed by atoms with Gasteiger partial charge in [-0.3, -0.25) is 14.4 Å². The third-order valence-corrected chi connectivity index (χ3v) is 6.77. The van der Waals surface area contributed by atoms with Gasteiger partial charge in [0.25, 0.3) is 5.91 Å². The molecule has 1 fully saturated rings. The lowest BCUT2D eigenvalue weighted by Crippen LogP contribution is -2.54. The summed E-state index contributed by atoms with van der Waals surface area (Å²) in [5.41, 5.74) is 7.51. The smallest absolute Gasteiger partial charge is 0.408 e. The Morgan fingerprint density at radius 2 is 1.62 bits per heavy atom. The fraction of sp³-hybridized carbons (Fsp3) is 0.467. The zero-order valence-corrected chi connectivity index (χ0v) is 24.2. The van der Waals surface area contributed by atoms with E-state index >= 15 is 0 Å². The minimum absolute atomic E-state index is 0.111. The molecule has 4 atom stereocenters. The van der Waals surface area contributed by atoms with E-state index in [1.807, 2.05) is 39.0 Å². The quantitative estimate of drug-likeness (QED) is 0.407. The number of hydrogen-bond donors (Lipinski definition) is 3. The SMILES string of the molecule is COc1ccc(NC(=O)C(c2c(C)cccc2C)N(C(=O)C(CC(N)=O)NC(=O)OC(C)(C)C)C2CC2C)cc1. The van der Waals surface area contributed by atoms with Crippen LogP contribution in [0.5, 0.6) is 5.75 Å². The Morgan fingerprint density at radius 3 is 2.10 bits per heavy atom. The molecule has 3 rings (SSSR count). The van der Waals surface area contributed by atoms with Gasteiger partial charge in [0.15, 0.2) is 0 Å². The molecule has 1 saturated carbocycles. The van der Waals surface area contributed by atoms with Crippen molar-refractivity contribution in [2.45, 2.75) is 78.1 Å². The van der Waals surface area contributed by atoms with Crippen LogP contribution in [0.3, 0.4) is 0 Å². The lowest BCUT2D eigenvalue weighted by molar-refractivity contribution is -0.142. The summed E-state index contributed by atoms with van der Waals surface area (Å²) in [6.45, 7) is 10.8. The number of carbonyl (C=O) groups excluding carboxylic acids is 4. The molecule has 0 spiro atoms. The van der Waals surface area contributed by atoms with Crippen LogP contribution in [0.2, 0.25) is 0 Å². The van der Waals surface area contributed by atoms with Crippen molar-refractivity contribution in [3.63, 3.8) is 0 Å². The van der Waals surface area contributed by atoms with Crippen LogP contribution in [-0.2, 0) is 19.1 Å². The van der Waals surface area contributed by atoms with Gasteiger partial charge in [-0.15, -0.1) is 0 Å². The monoisotopic (exact) mass is 552 g/mol. The molecule has 4 N–H and O–H groups in total. The van der Waals surface area contributed by atoms with Gasteiger partial charge in [0.1, 0.15) is 23.4 Å². The first-order valence-corrected chi connectivity index (χ1v) is 13.3. The van der Waals surface area contributed by atoms with Crippen molar-refractivity contribution < 1.29 is 28.7 Å². The van der Waals surface area contributed by atoms with Crippen LogP contribution in [0.4, 0.5) is 10.5 Å². The Bertz CT molecular complexity index is 1230. The molecule has 10 heteroatoms. The van der Waals surface area contributed by atoms with E-state index in [9.17, 15) is 19.2 Å². The molecule has 216 valence electrons. The minimum Gasteiger partial charge on any atom is -0.497 e. The second kappa shape index (κ2) is 12.4. The molecule has 0 aliphatic heterocycles. The normalized spacial score (nSPS) is 17.7. The Balaban J connectivity index is 2.07. The van der Waals surface area contributed by atoms with Crippen molar-refractivity contribution in [3.05, 3.63) is 59.2 Å². The highest BCUT2D eigenvalue weighted by molar-refractivity contribution is 6.00. The number of anilines is 1. The largest absolute Gasteiger partial charge is 0.497 e. The maximum absolute atomic E-state index is 14.2. The number of amides is 4. The fourth-order valence-electron chi connectivity index (χ4n) is 4.74. The number of nitrogens with two attached hydrogens (primary N) is 1. The third kappa shape index (κ3) is 7.74. The van der Waals surface area contributed by atoms with E-state index in [-0.39, 0.29) is 12.0 Å². The topological polar surface area (TPSA) is 140 Å². The van der Waals surface area contributed by atoms with Gasteiger partial charge in [-0.1, -0.05) is 25.1 Å². The first-order valence-electron chi connectivity index (χ1n) is 13.3. The van der Waals surface area contributed by atoms with Gasteiger partial charge in [0.05, 0.1) is 13.5 Å². The van der Waals surface area contributed by atoms with Gasteiger partial charge in [-0.05, 0) is 87.9 Å². The highest BCUT2D eigenvalue weighted by Gasteiger charge is 2.49. The van der Waals surface area contributed by atoms with Crippen molar-refractivity contribution in [2.24, 2.45) is 11.7 Å². The molecule has 4 amide bonds. The lowest BCUT2D eigenvalue weighted by Gasteiger charge is -2.36. The predicted octanol–water partition coefficient (Wildman–Crippen LogP) is 4.00. The summed E-state index contributed by atoms with van der Waals surface area (Å²) in [5, 5.41) is 5.46. The predicted molar refractivity (Wildman–Crippen MR) is 152 cm³/mol.